The van der Waals surface area contributed by atoms with E-state index < -0.39 is 0 Å². The van der Waals surface area contributed by atoms with Gasteiger partial charge in [0.1, 0.15) is 0 Å². The summed E-state index contributed by atoms with van der Waals surface area (Å²) < 4.78 is 11.9. The van der Waals surface area contributed by atoms with Gasteiger partial charge in [-0.15, -0.1) is 0 Å². The highest BCUT2D eigenvalue weighted by atomic mass is 16.5. The number of ether oxygens (including phenoxy) is 2. The molecule has 18 heavy (non-hydrogen) atoms. The molecule has 0 radical (unpaired) electrons. The summed E-state index contributed by atoms with van der Waals surface area (Å²) in [7, 11) is 1.88. The third-order valence-corrected chi connectivity index (χ3v) is 5.27. The van der Waals surface area contributed by atoms with Gasteiger partial charge < -0.3 is 9.47 Å². The average molecular weight is 254 g/mol. The first kappa shape index (κ1) is 14.3. The third kappa shape index (κ3) is 2.91. The van der Waals surface area contributed by atoms with E-state index in [1.807, 2.05) is 7.11 Å². The maximum atomic E-state index is 6.08. The maximum Gasteiger partial charge on any atom is 0.0657 e. The van der Waals surface area contributed by atoms with Crippen molar-refractivity contribution in [2.75, 3.05) is 13.7 Å². The summed E-state index contributed by atoms with van der Waals surface area (Å²) in [5.74, 6) is 0. The van der Waals surface area contributed by atoms with Crippen LogP contribution in [0, 0.1) is 5.41 Å². The van der Waals surface area contributed by atoms with Crippen molar-refractivity contribution in [1.82, 2.24) is 0 Å². The lowest BCUT2D eigenvalue weighted by Crippen LogP contribution is -2.44. The van der Waals surface area contributed by atoms with E-state index >= 15 is 0 Å². The predicted molar refractivity (Wildman–Crippen MR) is 74.8 cm³/mol. The van der Waals surface area contributed by atoms with E-state index in [-0.39, 0.29) is 5.60 Å². The van der Waals surface area contributed by atoms with Gasteiger partial charge in [-0.2, -0.15) is 0 Å². The average Bonchev–Trinajstić information content (AvgIpc) is 2.72. The largest absolute Gasteiger partial charge is 0.379 e. The van der Waals surface area contributed by atoms with Crippen LogP contribution < -0.4 is 0 Å². The summed E-state index contributed by atoms with van der Waals surface area (Å²) in [6.07, 6.45) is 12.1. The molecule has 1 saturated carbocycles. The molecule has 0 aromatic carbocycles. The smallest absolute Gasteiger partial charge is 0.0657 e. The molecule has 106 valence electrons. The minimum absolute atomic E-state index is 0.0922. The molecular formula is C16H30O2. The second kappa shape index (κ2) is 5.92. The Morgan fingerprint density at radius 3 is 2.78 bits per heavy atom. The van der Waals surface area contributed by atoms with Crippen molar-refractivity contribution in [1.29, 1.82) is 0 Å². The highest BCUT2D eigenvalue weighted by Crippen LogP contribution is 2.52. The van der Waals surface area contributed by atoms with Crippen LogP contribution in [0.1, 0.15) is 71.6 Å². The SMILES string of the molecule is CCCCCC1OCCC12CCCC(C)(OC)C2. The fourth-order valence-electron chi connectivity index (χ4n) is 4.11. The quantitative estimate of drug-likeness (QED) is 0.680. The molecule has 2 nitrogen and oxygen atoms in total. The highest BCUT2D eigenvalue weighted by Gasteiger charge is 2.50. The minimum Gasteiger partial charge on any atom is -0.379 e. The first-order valence-corrected chi connectivity index (χ1v) is 7.81. The number of hydrogen-bond acceptors (Lipinski definition) is 2. The molecule has 0 aromatic rings. The fraction of sp³-hybridized carbons (Fsp3) is 1.00. The number of rotatable bonds is 5. The van der Waals surface area contributed by atoms with Crippen LogP contribution in [0.5, 0.6) is 0 Å². The van der Waals surface area contributed by atoms with E-state index in [0.29, 0.717) is 11.5 Å². The first-order valence-electron chi connectivity index (χ1n) is 7.81. The molecule has 1 spiro atoms. The van der Waals surface area contributed by atoms with E-state index in [0.717, 1.165) is 6.61 Å². The van der Waals surface area contributed by atoms with Crippen molar-refractivity contribution >= 4 is 0 Å². The Labute approximate surface area is 112 Å². The van der Waals surface area contributed by atoms with Gasteiger partial charge in [-0.1, -0.05) is 26.2 Å². The molecule has 3 unspecified atom stereocenters. The van der Waals surface area contributed by atoms with Crippen LogP contribution in [0.4, 0.5) is 0 Å². The first-order chi connectivity index (χ1) is 8.64. The summed E-state index contributed by atoms with van der Waals surface area (Å²) in [5, 5.41) is 0. The summed E-state index contributed by atoms with van der Waals surface area (Å²) in [6.45, 7) is 5.53. The normalized spacial score (nSPS) is 40.5. The van der Waals surface area contributed by atoms with Gasteiger partial charge in [0, 0.05) is 19.1 Å². The van der Waals surface area contributed by atoms with E-state index in [2.05, 4.69) is 13.8 Å². The Kier molecular flexibility index (Phi) is 4.71. The summed E-state index contributed by atoms with van der Waals surface area (Å²) >= 11 is 0. The zero-order valence-electron chi connectivity index (χ0n) is 12.5. The van der Waals surface area contributed by atoms with Crippen LogP contribution in [-0.4, -0.2) is 25.4 Å². The van der Waals surface area contributed by atoms with Crippen LogP contribution in [-0.2, 0) is 9.47 Å². The van der Waals surface area contributed by atoms with Crippen molar-refractivity contribution in [3.8, 4) is 0 Å². The second-order valence-electron chi connectivity index (χ2n) is 6.65. The Morgan fingerprint density at radius 2 is 2.06 bits per heavy atom. The molecule has 2 aliphatic rings. The van der Waals surface area contributed by atoms with Gasteiger partial charge >= 0.3 is 0 Å². The predicted octanol–water partition coefficient (Wildman–Crippen LogP) is 4.32. The lowest BCUT2D eigenvalue weighted by atomic mass is 9.63. The van der Waals surface area contributed by atoms with Crippen LogP contribution in [0.25, 0.3) is 0 Å². The molecule has 1 aliphatic carbocycles. The molecule has 1 heterocycles. The second-order valence-corrected chi connectivity index (χ2v) is 6.65. The van der Waals surface area contributed by atoms with Crippen LogP contribution >= 0.6 is 0 Å². The monoisotopic (exact) mass is 254 g/mol. The van der Waals surface area contributed by atoms with Crippen molar-refractivity contribution in [3.63, 3.8) is 0 Å². The molecule has 1 aliphatic heterocycles. The Hall–Kier alpha value is -0.0800. The topological polar surface area (TPSA) is 18.5 Å². The molecule has 2 fully saturated rings. The minimum atomic E-state index is 0.0922. The number of methoxy groups -OCH3 is 1. The standard InChI is InChI=1S/C16H30O2/c1-4-5-6-8-14-16(11-12-18-14)10-7-9-15(2,13-16)17-3/h14H,4-13H2,1-3H3. The molecule has 0 aromatic heterocycles. The Balaban J connectivity index is 1.99. The summed E-state index contributed by atoms with van der Waals surface area (Å²) in [5.41, 5.74) is 0.520. The van der Waals surface area contributed by atoms with E-state index in [9.17, 15) is 0 Å². The van der Waals surface area contributed by atoms with Gasteiger partial charge in [0.05, 0.1) is 11.7 Å². The molecule has 2 heteroatoms. The number of unbranched alkanes of at least 4 members (excludes halogenated alkanes) is 2. The van der Waals surface area contributed by atoms with Gasteiger partial charge in [0.15, 0.2) is 0 Å². The van der Waals surface area contributed by atoms with Gasteiger partial charge in [0.2, 0.25) is 0 Å². The number of hydrogen-bond donors (Lipinski definition) is 0. The van der Waals surface area contributed by atoms with Crippen molar-refractivity contribution in [2.45, 2.75) is 83.3 Å². The lowest BCUT2D eigenvalue weighted by Gasteiger charge is -2.46. The third-order valence-electron chi connectivity index (χ3n) is 5.27. The molecule has 0 amide bonds. The molecule has 0 N–H and O–H groups in total. The van der Waals surface area contributed by atoms with Crippen molar-refractivity contribution in [3.05, 3.63) is 0 Å². The van der Waals surface area contributed by atoms with E-state index in [1.54, 1.807) is 0 Å². The molecule has 3 atom stereocenters. The molecular weight excluding hydrogens is 224 g/mol. The molecule has 1 saturated heterocycles. The van der Waals surface area contributed by atoms with E-state index in [4.69, 9.17) is 9.47 Å². The zero-order valence-corrected chi connectivity index (χ0v) is 12.5. The van der Waals surface area contributed by atoms with Crippen LogP contribution in [0.3, 0.4) is 0 Å². The summed E-state index contributed by atoms with van der Waals surface area (Å²) in [4.78, 5) is 0. The van der Waals surface area contributed by atoms with E-state index in [1.165, 1.54) is 57.8 Å². The molecule has 2 rings (SSSR count). The van der Waals surface area contributed by atoms with Crippen LogP contribution in [0.2, 0.25) is 0 Å². The summed E-state index contributed by atoms with van der Waals surface area (Å²) in [6, 6.07) is 0. The fourth-order valence-corrected chi connectivity index (χ4v) is 4.11. The highest BCUT2D eigenvalue weighted by molar-refractivity contribution is 5.00. The van der Waals surface area contributed by atoms with Gasteiger partial charge in [-0.25, -0.2) is 0 Å². The van der Waals surface area contributed by atoms with Gasteiger partial charge in [-0.3, -0.25) is 0 Å². The zero-order chi connectivity index (χ0) is 13.1. The van der Waals surface area contributed by atoms with Gasteiger partial charge in [0.25, 0.3) is 0 Å². The lowest BCUT2D eigenvalue weighted by molar-refractivity contribution is -0.0894. The van der Waals surface area contributed by atoms with Gasteiger partial charge in [-0.05, 0) is 45.4 Å². The molecule has 0 bridgehead atoms. The van der Waals surface area contributed by atoms with Crippen molar-refractivity contribution in [2.24, 2.45) is 5.41 Å². The Morgan fingerprint density at radius 1 is 1.22 bits per heavy atom. The maximum absolute atomic E-state index is 6.08. The Bertz CT molecular complexity index is 266. The van der Waals surface area contributed by atoms with Crippen LogP contribution in [0.15, 0.2) is 0 Å². The van der Waals surface area contributed by atoms with Crippen molar-refractivity contribution < 1.29 is 9.47 Å².